The molecule has 1 atom stereocenters. The SMILES string of the molecule is COC(=O)C[C@H](N)c1ccc(Br)s1. The van der Waals surface area contributed by atoms with E-state index in [1.807, 2.05) is 12.1 Å². The Morgan fingerprint density at radius 1 is 1.77 bits per heavy atom. The van der Waals surface area contributed by atoms with Crippen LogP contribution in [0.25, 0.3) is 0 Å². The molecule has 0 fully saturated rings. The van der Waals surface area contributed by atoms with Crippen molar-refractivity contribution in [3.63, 3.8) is 0 Å². The first kappa shape index (κ1) is 10.7. The molecule has 0 aliphatic rings. The molecule has 0 amide bonds. The van der Waals surface area contributed by atoms with E-state index in [0.717, 1.165) is 8.66 Å². The number of hydrogen-bond acceptors (Lipinski definition) is 4. The van der Waals surface area contributed by atoms with Crippen molar-refractivity contribution in [2.24, 2.45) is 5.73 Å². The molecule has 0 saturated carbocycles. The van der Waals surface area contributed by atoms with Gasteiger partial charge in [-0.25, -0.2) is 0 Å². The van der Waals surface area contributed by atoms with Gasteiger partial charge >= 0.3 is 5.97 Å². The summed E-state index contributed by atoms with van der Waals surface area (Å²) in [7, 11) is 1.36. The first-order valence-electron chi connectivity index (χ1n) is 3.71. The van der Waals surface area contributed by atoms with Gasteiger partial charge in [0.15, 0.2) is 0 Å². The van der Waals surface area contributed by atoms with Crippen molar-refractivity contribution in [1.82, 2.24) is 0 Å². The molecule has 72 valence electrons. The third-order valence-corrected chi connectivity index (χ3v) is 3.33. The van der Waals surface area contributed by atoms with Crippen LogP contribution in [-0.2, 0) is 9.53 Å². The molecule has 0 radical (unpaired) electrons. The predicted octanol–water partition coefficient (Wildman–Crippen LogP) is 2.07. The lowest BCUT2D eigenvalue weighted by molar-refractivity contribution is -0.141. The summed E-state index contributed by atoms with van der Waals surface area (Å²) in [6, 6.07) is 3.56. The Hall–Kier alpha value is -0.390. The van der Waals surface area contributed by atoms with E-state index in [1.165, 1.54) is 18.4 Å². The number of methoxy groups -OCH3 is 1. The molecular weight excluding hydrogens is 254 g/mol. The first-order chi connectivity index (χ1) is 6.13. The summed E-state index contributed by atoms with van der Waals surface area (Å²) < 4.78 is 5.54. The zero-order chi connectivity index (χ0) is 9.84. The molecule has 1 aromatic rings. The standard InChI is InChI=1S/C8H10BrNO2S/c1-12-8(11)4-5(10)6-2-3-7(9)13-6/h2-3,5H,4,10H2,1H3/t5-/m0/s1. The highest BCUT2D eigenvalue weighted by Crippen LogP contribution is 2.27. The fourth-order valence-corrected chi connectivity index (χ4v) is 2.32. The quantitative estimate of drug-likeness (QED) is 0.850. The van der Waals surface area contributed by atoms with Crippen molar-refractivity contribution in [3.8, 4) is 0 Å². The molecule has 1 aromatic heterocycles. The Bertz CT molecular complexity index is 300. The van der Waals surface area contributed by atoms with Crippen molar-refractivity contribution in [2.45, 2.75) is 12.5 Å². The van der Waals surface area contributed by atoms with Gasteiger partial charge in [0.1, 0.15) is 0 Å². The third kappa shape index (κ3) is 3.10. The van der Waals surface area contributed by atoms with Gasteiger partial charge in [0, 0.05) is 10.9 Å². The van der Waals surface area contributed by atoms with Gasteiger partial charge in [-0.3, -0.25) is 4.79 Å². The summed E-state index contributed by atoms with van der Waals surface area (Å²) in [6.07, 6.45) is 0.226. The second kappa shape index (κ2) is 4.74. The molecule has 0 aliphatic carbocycles. The zero-order valence-electron chi connectivity index (χ0n) is 7.12. The van der Waals surface area contributed by atoms with Crippen LogP contribution in [0.3, 0.4) is 0 Å². The predicted molar refractivity (Wildman–Crippen MR) is 55.6 cm³/mol. The number of nitrogens with two attached hydrogens (primary N) is 1. The molecule has 0 aromatic carbocycles. The topological polar surface area (TPSA) is 52.3 Å². The first-order valence-corrected chi connectivity index (χ1v) is 5.32. The van der Waals surface area contributed by atoms with Gasteiger partial charge in [-0.2, -0.15) is 0 Å². The van der Waals surface area contributed by atoms with Gasteiger partial charge in [-0.05, 0) is 28.1 Å². The molecule has 1 heterocycles. The van der Waals surface area contributed by atoms with E-state index in [-0.39, 0.29) is 18.4 Å². The Morgan fingerprint density at radius 3 is 2.92 bits per heavy atom. The van der Waals surface area contributed by atoms with E-state index in [1.54, 1.807) is 0 Å². The van der Waals surface area contributed by atoms with Crippen molar-refractivity contribution in [3.05, 3.63) is 20.8 Å². The maximum atomic E-state index is 10.9. The van der Waals surface area contributed by atoms with Crippen LogP contribution in [0, 0.1) is 0 Å². The molecule has 0 saturated heterocycles. The number of halogens is 1. The minimum absolute atomic E-state index is 0.226. The van der Waals surface area contributed by atoms with E-state index in [2.05, 4.69) is 20.7 Å². The lowest BCUT2D eigenvalue weighted by Gasteiger charge is -2.06. The molecule has 3 nitrogen and oxygen atoms in total. The molecule has 2 N–H and O–H groups in total. The van der Waals surface area contributed by atoms with Crippen LogP contribution in [-0.4, -0.2) is 13.1 Å². The molecular formula is C8H10BrNO2S. The summed E-state index contributed by atoms with van der Waals surface area (Å²) in [5.41, 5.74) is 5.77. The Kier molecular flexibility index (Phi) is 3.90. The largest absolute Gasteiger partial charge is 0.469 e. The number of carbonyl (C=O) groups is 1. The zero-order valence-corrected chi connectivity index (χ0v) is 9.52. The van der Waals surface area contributed by atoms with Gasteiger partial charge < -0.3 is 10.5 Å². The number of rotatable bonds is 3. The second-order valence-corrected chi connectivity index (χ2v) is 5.02. The van der Waals surface area contributed by atoms with E-state index in [4.69, 9.17) is 5.73 Å². The molecule has 0 aliphatic heterocycles. The number of esters is 1. The van der Waals surface area contributed by atoms with E-state index in [9.17, 15) is 4.79 Å². The molecule has 0 bridgehead atoms. The van der Waals surface area contributed by atoms with Gasteiger partial charge in [0.05, 0.1) is 17.3 Å². The number of ether oxygens (including phenoxy) is 1. The van der Waals surface area contributed by atoms with Crippen LogP contribution < -0.4 is 5.73 Å². The van der Waals surface area contributed by atoms with Crippen molar-refractivity contribution in [2.75, 3.05) is 7.11 Å². The van der Waals surface area contributed by atoms with Crippen molar-refractivity contribution in [1.29, 1.82) is 0 Å². The highest BCUT2D eigenvalue weighted by Gasteiger charge is 2.13. The number of carbonyl (C=O) groups excluding carboxylic acids is 1. The third-order valence-electron chi connectivity index (χ3n) is 1.57. The van der Waals surface area contributed by atoms with Crippen LogP contribution in [0.4, 0.5) is 0 Å². The fraction of sp³-hybridized carbons (Fsp3) is 0.375. The van der Waals surface area contributed by atoms with E-state index >= 15 is 0 Å². The van der Waals surface area contributed by atoms with Gasteiger partial charge in [-0.1, -0.05) is 0 Å². The minimum atomic E-state index is -0.281. The summed E-state index contributed by atoms with van der Waals surface area (Å²) in [6.45, 7) is 0. The van der Waals surface area contributed by atoms with Gasteiger partial charge in [0.2, 0.25) is 0 Å². The Balaban J connectivity index is 2.58. The Morgan fingerprint density at radius 2 is 2.46 bits per heavy atom. The minimum Gasteiger partial charge on any atom is -0.469 e. The molecule has 0 unspecified atom stereocenters. The number of thiophene rings is 1. The van der Waals surface area contributed by atoms with Gasteiger partial charge in [0.25, 0.3) is 0 Å². The van der Waals surface area contributed by atoms with Crippen molar-refractivity contribution < 1.29 is 9.53 Å². The summed E-state index contributed by atoms with van der Waals surface area (Å²) in [5.74, 6) is -0.281. The van der Waals surface area contributed by atoms with Crippen LogP contribution in [0.2, 0.25) is 0 Å². The summed E-state index contributed by atoms with van der Waals surface area (Å²) >= 11 is 4.86. The number of hydrogen-bond donors (Lipinski definition) is 1. The second-order valence-electron chi connectivity index (χ2n) is 2.53. The maximum absolute atomic E-state index is 10.9. The monoisotopic (exact) mass is 263 g/mol. The van der Waals surface area contributed by atoms with Crippen LogP contribution in [0.5, 0.6) is 0 Å². The fourth-order valence-electron chi connectivity index (χ4n) is 0.891. The normalized spacial score (nSPS) is 12.5. The average Bonchev–Trinajstić information content (AvgIpc) is 2.51. The van der Waals surface area contributed by atoms with Crippen LogP contribution >= 0.6 is 27.3 Å². The highest BCUT2D eigenvalue weighted by molar-refractivity contribution is 9.11. The maximum Gasteiger partial charge on any atom is 0.307 e. The smallest absolute Gasteiger partial charge is 0.307 e. The molecule has 0 spiro atoms. The summed E-state index contributed by atoms with van der Waals surface area (Å²) in [5, 5.41) is 0. The lowest BCUT2D eigenvalue weighted by Crippen LogP contribution is -2.14. The van der Waals surface area contributed by atoms with Crippen molar-refractivity contribution >= 4 is 33.2 Å². The van der Waals surface area contributed by atoms with E-state index < -0.39 is 0 Å². The Labute approximate surface area is 89.0 Å². The molecule has 1 rings (SSSR count). The summed E-state index contributed by atoms with van der Waals surface area (Å²) in [4.78, 5) is 11.9. The van der Waals surface area contributed by atoms with Crippen LogP contribution in [0.15, 0.2) is 15.9 Å². The lowest BCUT2D eigenvalue weighted by atomic mass is 10.2. The molecule has 13 heavy (non-hydrogen) atoms. The highest BCUT2D eigenvalue weighted by atomic mass is 79.9. The molecule has 5 heteroatoms. The van der Waals surface area contributed by atoms with E-state index in [0.29, 0.717) is 0 Å². The van der Waals surface area contributed by atoms with Crippen LogP contribution in [0.1, 0.15) is 17.3 Å². The van der Waals surface area contributed by atoms with Gasteiger partial charge in [-0.15, -0.1) is 11.3 Å². The average molecular weight is 264 g/mol.